The van der Waals surface area contributed by atoms with Crippen molar-refractivity contribution in [3.8, 4) is 0 Å². The smallest absolute Gasteiger partial charge is 0.163 e. The maximum atomic E-state index is 14.2. The molecule has 0 aromatic heterocycles. The summed E-state index contributed by atoms with van der Waals surface area (Å²) in [6.45, 7) is 2.25. The van der Waals surface area contributed by atoms with E-state index in [1.165, 1.54) is 24.3 Å². The van der Waals surface area contributed by atoms with Crippen LogP contribution >= 0.6 is 27.5 Å². The minimum Gasteiger partial charge on any atom is -0.306 e. The number of hydrogen-bond donors (Lipinski definition) is 1. The van der Waals surface area contributed by atoms with Crippen LogP contribution in [-0.4, -0.2) is 6.54 Å². The molecule has 6 heteroatoms. The number of halogens is 5. The first-order valence-electron chi connectivity index (χ1n) is 6.27. The lowest BCUT2D eigenvalue weighted by atomic mass is 9.97. The molecule has 0 radical (unpaired) electrons. The zero-order chi connectivity index (χ0) is 15.6. The van der Waals surface area contributed by atoms with Crippen LogP contribution in [0.5, 0.6) is 0 Å². The van der Waals surface area contributed by atoms with Crippen molar-refractivity contribution in [1.29, 1.82) is 0 Å². The molecule has 21 heavy (non-hydrogen) atoms. The molecule has 0 fully saturated rings. The summed E-state index contributed by atoms with van der Waals surface area (Å²) in [6, 6.07) is 5.61. The van der Waals surface area contributed by atoms with Gasteiger partial charge in [-0.2, -0.15) is 0 Å². The first-order valence-corrected chi connectivity index (χ1v) is 7.44. The first-order chi connectivity index (χ1) is 9.95. The average molecular weight is 379 g/mol. The topological polar surface area (TPSA) is 12.0 Å². The van der Waals surface area contributed by atoms with Crippen LogP contribution in [0.1, 0.15) is 24.1 Å². The van der Waals surface area contributed by atoms with E-state index in [0.717, 1.165) is 6.07 Å². The lowest BCUT2D eigenvalue weighted by Crippen LogP contribution is -2.24. The van der Waals surface area contributed by atoms with Gasteiger partial charge in [0.2, 0.25) is 0 Å². The molecule has 112 valence electrons. The normalized spacial score (nSPS) is 12.5. The molecule has 0 spiro atoms. The molecule has 2 rings (SSSR count). The molecule has 1 nitrogen and oxygen atoms in total. The fourth-order valence-corrected chi connectivity index (χ4v) is 2.58. The van der Waals surface area contributed by atoms with Crippen LogP contribution in [0, 0.1) is 17.5 Å². The number of nitrogens with one attached hydrogen (secondary N) is 1. The lowest BCUT2D eigenvalue weighted by molar-refractivity contribution is 0.477. The molecular weight excluding hydrogens is 367 g/mol. The third-order valence-electron chi connectivity index (χ3n) is 3.05. The van der Waals surface area contributed by atoms with Crippen molar-refractivity contribution in [1.82, 2.24) is 5.32 Å². The number of rotatable bonds is 4. The lowest BCUT2D eigenvalue weighted by Gasteiger charge is -2.21. The highest BCUT2D eigenvalue weighted by Gasteiger charge is 2.23. The molecular formula is C15H12BrClF3N. The maximum Gasteiger partial charge on any atom is 0.163 e. The van der Waals surface area contributed by atoms with Crippen molar-refractivity contribution in [2.45, 2.75) is 13.0 Å². The maximum absolute atomic E-state index is 14.2. The molecule has 0 aliphatic carbocycles. The van der Waals surface area contributed by atoms with E-state index in [1.54, 1.807) is 6.92 Å². The van der Waals surface area contributed by atoms with Crippen molar-refractivity contribution >= 4 is 27.5 Å². The van der Waals surface area contributed by atoms with Crippen LogP contribution < -0.4 is 5.32 Å². The second-order valence-corrected chi connectivity index (χ2v) is 5.68. The van der Waals surface area contributed by atoms with Crippen molar-refractivity contribution in [3.63, 3.8) is 0 Å². The first kappa shape index (κ1) is 16.3. The highest BCUT2D eigenvalue weighted by molar-refractivity contribution is 9.10. The van der Waals surface area contributed by atoms with Gasteiger partial charge in [0.25, 0.3) is 0 Å². The Labute approximate surface area is 134 Å². The van der Waals surface area contributed by atoms with Gasteiger partial charge in [0.15, 0.2) is 11.6 Å². The summed E-state index contributed by atoms with van der Waals surface area (Å²) in [5.41, 5.74) is 0.198. The van der Waals surface area contributed by atoms with E-state index in [-0.39, 0.29) is 11.1 Å². The molecule has 2 aromatic rings. The van der Waals surface area contributed by atoms with E-state index in [4.69, 9.17) is 11.6 Å². The summed E-state index contributed by atoms with van der Waals surface area (Å²) < 4.78 is 42.0. The quantitative estimate of drug-likeness (QED) is 0.719. The van der Waals surface area contributed by atoms with Gasteiger partial charge in [-0.15, -0.1) is 0 Å². The summed E-state index contributed by atoms with van der Waals surface area (Å²) in [6.07, 6.45) is 0. The molecule has 0 saturated heterocycles. The minimum absolute atomic E-state index is 0.0362. The van der Waals surface area contributed by atoms with Gasteiger partial charge < -0.3 is 5.32 Å². The summed E-state index contributed by atoms with van der Waals surface area (Å²) in [4.78, 5) is 0. The molecule has 1 N–H and O–H groups in total. The predicted octanol–water partition coefficient (Wildman–Crippen LogP) is 5.22. The van der Waals surface area contributed by atoms with E-state index in [2.05, 4.69) is 21.2 Å². The monoisotopic (exact) mass is 377 g/mol. The van der Waals surface area contributed by atoms with Crippen LogP contribution in [0.25, 0.3) is 0 Å². The largest absolute Gasteiger partial charge is 0.306 e. The Morgan fingerprint density at radius 1 is 1.14 bits per heavy atom. The van der Waals surface area contributed by atoms with E-state index in [9.17, 15) is 13.2 Å². The fraction of sp³-hybridized carbons (Fsp3) is 0.200. The molecule has 0 aliphatic heterocycles. The number of benzene rings is 2. The van der Waals surface area contributed by atoms with Gasteiger partial charge in [-0.25, -0.2) is 13.2 Å². The van der Waals surface area contributed by atoms with Crippen molar-refractivity contribution in [2.24, 2.45) is 0 Å². The fourth-order valence-electron chi connectivity index (χ4n) is 2.09. The Hall–Kier alpha value is -1.04. The van der Waals surface area contributed by atoms with Crippen LogP contribution in [0.2, 0.25) is 5.02 Å². The minimum atomic E-state index is -0.998. The van der Waals surface area contributed by atoms with Gasteiger partial charge in [-0.3, -0.25) is 0 Å². The Bertz CT molecular complexity index is 664. The van der Waals surface area contributed by atoms with Crippen LogP contribution in [0.4, 0.5) is 13.2 Å². The Balaban J connectivity index is 2.59. The van der Waals surface area contributed by atoms with Gasteiger partial charge in [-0.05, 0) is 40.7 Å². The highest BCUT2D eigenvalue weighted by Crippen LogP contribution is 2.33. The van der Waals surface area contributed by atoms with E-state index < -0.39 is 23.5 Å². The molecule has 1 unspecified atom stereocenters. The summed E-state index contributed by atoms with van der Waals surface area (Å²) in [5.74, 6) is -2.53. The van der Waals surface area contributed by atoms with Crippen molar-refractivity contribution in [2.75, 3.05) is 6.54 Å². The summed E-state index contributed by atoms with van der Waals surface area (Å²) in [7, 11) is 0. The SMILES string of the molecule is CCNC(c1cc(Cl)c(Br)cc1F)c1cccc(F)c1F. The van der Waals surface area contributed by atoms with Crippen LogP contribution in [0.3, 0.4) is 0 Å². The molecule has 0 amide bonds. The van der Waals surface area contributed by atoms with Crippen molar-refractivity contribution in [3.05, 3.63) is 68.4 Å². The molecule has 0 aliphatic rings. The van der Waals surface area contributed by atoms with Gasteiger partial charge in [-0.1, -0.05) is 30.7 Å². The van der Waals surface area contributed by atoms with E-state index in [0.29, 0.717) is 16.0 Å². The van der Waals surface area contributed by atoms with Crippen LogP contribution in [-0.2, 0) is 0 Å². The Morgan fingerprint density at radius 2 is 1.86 bits per heavy atom. The van der Waals surface area contributed by atoms with Gasteiger partial charge in [0.05, 0.1) is 11.1 Å². The summed E-state index contributed by atoms with van der Waals surface area (Å²) >= 11 is 9.10. The second kappa shape index (κ2) is 6.81. The zero-order valence-corrected chi connectivity index (χ0v) is 13.4. The molecule has 0 saturated carbocycles. The zero-order valence-electron chi connectivity index (χ0n) is 11.1. The van der Waals surface area contributed by atoms with Gasteiger partial charge >= 0.3 is 0 Å². The third-order valence-corrected chi connectivity index (χ3v) is 4.25. The average Bonchev–Trinajstić information content (AvgIpc) is 2.44. The van der Waals surface area contributed by atoms with Crippen molar-refractivity contribution < 1.29 is 13.2 Å². The molecule has 0 bridgehead atoms. The second-order valence-electron chi connectivity index (χ2n) is 4.42. The molecule has 2 aromatic carbocycles. The number of hydrogen-bond acceptors (Lipinski definition) is 1. The van der Waals surface area contributed by atoms with E-state index >= 15 is 0 Å². The van der Waals surface area contributed by atoms with Gasteiger partial charge in [0, 0.05) is 15.6 Å². The highest BCUT2D eigenvalue weighted by atomic mass is 79.9. The summed E-state index contributed by atoms with van der Waals surface area (Å²) in [5, 5.41) is 3.25. The molecule has 0 heterocycles. The molecule has 1 atom stereocenters. The van der Waals surface area contributed by atoms with E-state index in [1.807, 2.05) is 0 Å². The Morgan fingerprint density at radius 3 is 2.52 bits per heavy atom. The van der Waals surface area contributed by atoms with Crippen LogP contribution in [0.15, 0.2) is 34.8 Å². The standard InChI is InChI=1S/C15H12BrClF3N/c1-2-21-15(8-4-3-5-12(18)14(8)20)9-6-11(17)10(16)7-13(9)19/h3-7,15,21H,2H2,1H3. The van der Waals surface area contributed by atoms with Gasteiger partial charge in [0.1, 0.15) is 5.82 Å². The third kappa shape index (κ3) is 3.42. The predicted molar refractivity (Wildman–Crippen MR) is 81.0 cm³/mol. The Kier molecular flexibility index (Phi) is 5.30.